The summed E-state index contributed by atoms with van der Waals surface area (Å²) in [7, 11) is 3.30. The van der Waals surface area contributed by atoms with Gasteiger partial charge in [-0.1, -0.05) is 24.3 Å². The maximum absolute atomic E-state index is 14.4. The number of amides is 6. The number of unbranched alkanes of at least 4 members (excludes halogenated alkanes) is 1. The summed E-state index contributed by atoms with van der Waals surface area (Å²) >= 11 is 0. The van der Waals surface area contributed by atoms with Gasteiger partial charge in [-0.25, -0.2) is 8.78 Å². The van der Waals surface area contributed by atoms with Gasteiger partial charge in [0.05, 0.1) is 24.2 Å². The van der Waals surface area contributed by atoms with Gasteiger partial charge in [0, 0.05) is 97.2 Å². The summed E-state index contributed by atoms with van der Waals surface area (Å²) in [6.07, 6.45) is 10.3. The molecule has 2 aliphatic heterocycles. The molecule has 20 heteroatoms. The number of nitrogens with one attached hydrogen (secondary N) is 6. The Morgan fingerprint density at radius 1 is 0.512 bits per heavy atom. The molecule has 6 aromatic rings. The van der Waals surface area contributed by atoms with Crippen LogP contribution in [-0.2, 0) is 41.6 Å². The summed E-state index contributed by atoms with van der Waals surface area (Å²) in [5, 5.41) is 17.5. The maximum atomic E-state index is 14.4. The number of carbonyl (C=O) groups excluding carboxylic acids is 8. The van der Waals surface area contributed by atoms with Gasteiger partial charge in [0.2, 0.25) is 35.4 Å². The number of hydrogen-bond donors (Lipinski definition) is 6. The Morgan fingerprint density at radius 3 is 1.24 bits per heavy atom. The Bertz CT molecular complexity index is 3110. The summed E-state index contributed by atoms with van der Waals surface area (Å²) in [6.45, 7) is 4.25. The summed E-state index contributed by atoms with van der Waals surface area (Å²) in [5.41, 5.74) is 5.12. The lowest BCUT2D eigenvalue weighted by atomic mass is 9.99. The molecule has 2 aromatic heterocycles. The van der Waals surface area contributed by atoms with Crippen LogP contribution in [0.15, 0.2) is 134 Å². The van der Waals surface area contributed by atoms with E-state index in [0.717, 1.165) is 11.1 Å². The minimum atomic E-state index is -0.936. The number of halogens is 2. The summed E-state index contributed by atoms with van der Waals surface area (Å²) in [6, 6.07) is 24.2. The first-order valence-electron chi connectivity index (χ1n) is 28.3. The molecule has 4 aromatic carbocycles. The highest BCUT2D eigenvalue weighted by atomic mass is 19.1. The van der Waals surface area contributed by atoms with Gasteiger partial charge in [-0.15, -0.1) is 0 Å². The van der Waals surface area contributed by atoms with Gasteiger partial charge in [0.1, 0.15) is 23.7 Å². The number of carbonyl (C=O) groups is 8. The van der Waals surface area contributed by atoms with Crippen LogP contribution in [0.2, 0.25) is 0 Å². The molecular weight excluding hydrogens is 1070 g/mol. The molecule has 18 nitrogen and oxygen atoms in total. The minimum Gasteiger partial charge on any atom is -0.343 e. The van der Waals surface area contributed by atoms with Gasteiger partial charge in [-0.3, -0.25) is 48.3 Å². The molecule has 4 heterocycles. The maximum Gasteiger partial charge on any atom is 0.246 e. The van der Waals surface area contributed by atoms with Crippen LogP contribution in [0, 0.1) is 11.6 Å². The van der Waals surface area contributed by atoms with Crippen LogP contribution in [0.3, 0.4) is 0 Å². The van der Waals surface area contributed by atoms with E-state index < -0.39 is 47.9 Å². The Balaban J connectivity index is 0.811. The highest BCUT2D eigenvalue weighted by molar-refractivity contribution is 6.09. The van der Waals surface area contributed by atoms with Crippen LogP contribution >= 0.6 is 0 Å². The number of nitrogens with zero attached hydrogens (tertiary/aromatic N) is 4. The van der Waals surface area contributed by atoms with Crippen molar-refractivity contribution in [2.45, 2.75) is 114 Å². The Labute approximate surface area is 487 Å². The number of ketones is 2. The van der Waals surface area contributed by atoms with Crippen molar-refractivity contribution in [3.63, 3.8) is 0 Å². The number of hydrogen-bond acceptors (Lipinski definition) is 12. The quantitative estimate of drug-likeness (QED) is 0.0244. The Kier molecular flexibility index (Phi) is 21.0. The van der Waals surface area contributed by atoms with Crippen molar-refractivity contribution in [3.8, 4) is 0 Å². The number of pyridine rings is 2. The lowest BCUT2D eigenvalue weighted by Crippen LogP contribution is -2.53. The third-order valence-corrected chi connectivity index (χ3v) is 15.4. The number of anilines is 2. The molecule has 0 saturated carbocycles. The first-order valence-corrected chi connectivity index (χ1v) is 28.3. The molecule has 438 valence electrons. The zero-order valence-electron chi connectivity index (χ0n) is 47.5. The monoisotopic (exact) mass is 1140 g/mol. The van der Waals surface area contributed by atoms with Crippen LogP contribution < -0.4 is 31.9 Å². The van der Waals surface area contributed by atoms with Crippen molar-refractivity contribution in [3.05, 3.63) is 190 Å². The number of likely N-dealkylation sites (tertiary alicyclic amines) is 2. The molecule has 0 aliphatic carbocycles. The number of benzene rings is 4. The third kappa shape index (κ3) is 16.0. The summed E-state index contributed by atoms with van der Waals surface area (Å²) in [4.78, 5) is 120. The van der Waals surface area contributed by atoms with Gasteiger partial charge in [0.25, 0.3) is 0 Å². The Morgan fingerprint density at radius 2 is 0.881 bits per heavy atom. The second-order valence-corrected chi connectivity index (χ2v) is 21.3. The molecule has 6 atom stereocenters. The second kappa shape index (κ2) is 28.9. The van der Waals surface area contributed by atoms with E-state index in [1.165, 1.54) is 60.9 Å². The third-order valence-electron chi connectivity index (χ3n) is 15.4. The number of rotatable bonds is 25. The van der Waals surface area contributed by atoms with E-state index in [9.17, 15) is 47.1 Å². The zero-order valence-corrected chi connectivity index (χ0v) is 47.5. The van der Waals surface area contributed by atoms with Crippen LogP contribution in [0.4, 0.5) is 20.2 Å². The molecule has 0 spiro atoms. The van der Waals surface area contributed by atoms with Gasteiger partial charge in [-0.2, -0.15) is 0 Å². The summed E-state index contributed by atoms with van der Waals surface area (Å²) < 4.78 is 27.1. The Hall–Kier alpha value is -8.88. The fraction of sp³-hybridized carbons (Fsp3) is 0.344. The van der Waals surface area contributed by atoms with Crippen molar-refractivity contribution in [1.29, 1.82) is 0 Å². The number of likely N-dealkylation sites (N-methyl/N-ethyl adjacent to an activating group) is 2. The fourth-order valence-electron chi connectivity index (χ4n) is 10.4. The predicted molar refractivity (Wildman–Crippen MR) is 312 cm³/mol. The van der Waals surface area contributed by atoms with Crippen molar-refractivity contribution < 1.29 is 47.1 Å². The van der Waals surface area contributed by atoms with Gasteiger partial charge in [0.15, 0.2) is 11.6 Å². The lowest BCUT2D eigenvalue weighted by Gasteiger charge is -2.30. The highest BCUT2D eigenvalue weighted by Crippen LogP contribution is 2.35. The van der Waals surface area contributed by atoms with Gasteiger partial charge >= 0.3 is 0 Å². The molecule has 2 saturated heterocycles. The normalized spacial score (nSPS) is 16.2. The highest BCUT2D eigenvalue weighted by Gasteiger charge is 2.38. The first-order chi connectivity index (χ1) is 40.5. The molecule has 8 rings (SSSR count). The van der Waals surface area contributed by atoms with Crippen molar-refractivity contribution in [2.24, 2.45) is 0 Å². The van der Waals surface area contributed by atoms with Gasteiger partial charge < -0.3 is 41.7 Å². The molecule has 2 aliphatic rings. The molecule has 0 radical (unpaired) electrons. The molecule has 0 bridgehead atoms. The predicted octanol–water partition coefficient (Wildman–Crippen LogP) is 7.35. The standard InChI is InChI=1S/C64H70F2N10O8/c1-39(67-3)61(81)73-53(63(83)75-29-7-9-55(75)45-33-47(37-69-35-45)59(79)43-17-21-49(65)22-18-43)31-41-13-25-51(26-14-41)71-57(77)11-5-6-12-58(78)72-52-27-15-42(16-28-52)32-54(74-62(82)40(2)68-4)64(84)76-30-8-10-56(76)46-34-48(38-70-36-46)60(80)44-19-23-50(66)24-20-44/h13-28,33-40,53-56,67-68H,5-12,29-32H2,1-4H3,(H,71,77)(H,72,78)(H,73,81)(H,74,82)/t39-,40-,53-,54+,55-,56-/m0/s1. The van der Waals surface area contributed by atoms with Crippen LogP contribution in [0.25, 0.3) is 0 Å². The molecule has 2 fully saturated rings. The van der Waals surface area contributed by atoms with E-state index in [2.05, 4.69) is 41.9 Å². The van der Waals surface area contributed by atoms with E-state index in [0.29, 0.717) is 96.4 Å². The van der Waals surface area contributed by atoms with E-state index in [-0.39, 0.29) is 72.7 Å². The van der Waals surface area contributed by atoms with E-state index in [4.69, 9.17) is 0 Å². The molecule has 6 N–H and O–H groups in total. The summed E-state index contributed by atoms with van der Waals surface area (Å²) in [5.74, 6) is -3.35. The van der Waals surface area contributed by atoms with Crippen LogP contribution in [-0.4, -0.2) is 118 Å². The average Bonchev–Trinajstić information content (AvgIpc) is 4.02. The van der Waals surface area contributed by atoms with Crippen LogP contribution in [0.1, 0.15) is 131 Å². The topological polar surface area (TPSA) is 241 Å². The molecule has 6 amide bonds. The molecule has 84 heavy (non-hydrogen) atoms. The fourth-order valence-corrected chi connectivity index (χ4v) is 10.4. The first kappa shape index (κ1) is 61.2. The minimum absolute atomic E-state index is 0.161. The average molecular weight is 1150 g/mol. The van der Waals surface area contributed by atoms with Crippen molar-refractivity contribution in [1.82, 2.24) is 41.0 Å². The van der Waals surface area contributed by atoms with Crippen LogP contribution in [0.5, 0.6) is 0 Å². The molecular formula is C64H70F2N10O8. The second-order valence-electron chi connectivity index (χ2n) is 21.3. The van der Waals surface area contributed by atoms with E-state index in [1.54, 1.807) is 111 Å². The van der Waals surface area contributed by atoms with E-state index >= 15 is 0 Å². The van der Waals surface area contributed by atoms with E-state index in [1.807, 2.05) is 0 Å². The zero-order chi connectivity index (χ0) is 59.9. The van der Waals surface area contributed by atoms with Crippen molar-refractivity contribution in [2.75, 3.05) is 37.8 Å². The SMILES string of the molecule is CN[C@@H](C)C(=O)N[C@@H](Cc1ccc(NC(=O)CCCCC(=O)Nc2ccc(C[C@@H](NC(=O)[C@H](C)NC)C(=O)N3CCC[C@H]3c3cncc(C(=O)c4ccc(F)cc4)c3)cc2)cc1)C(=O)N1CCC[C@H]1c1cncc(C(=O)c2ccc(F)cc2)c1. The van der Waals surface area contributed by atoms with Crippen molar-refractivity contribution >= 4 is 58.4 Å². The van der Waals surface area contributed by atoms with Gasteiger partial charge in [-0.05, 0) is 174 Å². The smallest absolute Gasteiger partial charge is 0.246 e. The molecule has 0 unspecified atom stereocenters. The lowest BCUT2D eigenvalue weighted by molar-refractivity contribution is -0.137. The number of aromatic nitrogens is 2. The largest absolute Gasteiger partial charge is 0.343 e.